The van der Waals surface area contributed by atoms with Gasteiger partial charge in [-0.05, 0) is 43.9 Å². The van der Waals surface area contributed by atoms with Crippen LogP contribution >= 0.6 is 15.9 Å². The quantitative estimate of drug-likeness (QED) is 0.189. The van der Waals surface area contributed by atoms with Crippen molar-refractivity contribution < 1.29 is 19.4 Å². The van der Waals surface area contributed by atoms with Crippen molar-refractivity contribution in [2.75, 3.05) is 12.4 Å². The van der Waals surface area contributed by atoms with E-state index in [0.29, 0.717) is 36.9 Å². The van der Waals surface area contributed by atoms with Crippen molar-refractivity contribution in [2.45, 2.75) is 70.8 Å². The van der Waals surface area contributed by atoms with E-state index < -0.39 is 12.1 Å². The molecule has 0 radical (unpaired) electrons. The lowest BCUT2D eigenvalue weighted by molar-refractivity contribution is -0.150. The Labute approximate surface area is 172 Å². The number of Topliss-reactive ketones (excluding diaryl/α,β-unsaturated/α-hetero) is 1. The number of alkyl halides is 1. The van der Waals surface area contributed by atoms with Gasteiger partial charge in [0.25, 0.3) is 0 Å². The number of aliphatic hydroxyl groups is 1. The van der Waals surface area contributed by atoms with Crippen molar-refractivity contribution in [3.63, 3.8) is 0 Å². The third-order valence-electron chi connectivity index (χ3n) is 5.30. The largest absolute Gasteiger partial charge is 0.467 e. The average Bonchev–Trinajstić information content (AvgIpc) is 2.98. The lowest BCUT2D eigenvalue weighted by atomic mass is 9.87. The van der Waals surface area contributed by atoms with Gasteiger partial charge in [-0.3, -0.25) is 4.79 Å². The van der Waals surface area contributed by atoms with Crippen molar-refractivity contribution in [3.05, 3.63) is 24.3 Å². The van der Waals surface area contributed by atoms with E-state index in [4.69, 9.17) is 0 Å². The highest BCUT2D eigenvalue weighted by molar-refractivity contribution is 9.09. The number of hydrogen-bond acceptors (Lipinski definition) is 4. The second kappa shape index (κ2) is 14.1. The van der Waals surface area contributed by atoms with E-state index in [0.717, 1.165) is 18.2 Å². The summed E-state index contributed by atoms with van der Waals surface area (Å²) in [7, 11) is 1.27. The maximum absolute atomic E-state index is 12.4. The van der Waals surface area contributed by atoms with E-state index in [-0.39, 0.29) is 5.92 Å². The van der Waals surface area contributed by atoms with Gasteiger partial charge >= 0.3 is 5.97 Å². The van der Waals surface area contributed by atoms with Gasteiger partial charge in [0.05, 0.1) is 7.11 Å². The maximum atomic E-state index is 12.4. The molecule has 4 atom stereocenters. The van der Waals surface area contributed by atoms with Crippen LogP contribution in [0.4, 0.5) is 0 Å². The van der Waals surface area contributed by atoms with Crippen LogP contribution in [0.2, 0.25) is 0 Å². The molecule has 0 heterocycles. The van der Waals surface area contributed by atoms with Gasteiger partial charge in [-0.2, -0.15) is 0 Å². The molecule has 1 fully saturated rings. The predicted molar refractivity (Wildman–Crippen MR) is 113 cm³/mol. The number of ether oxygens (including phenoxy) is 1. The highest BCUT2D eigenvalue weighted by atomic mass is 79.9. The van der Waals surface area contributed by atoms with Gasteiger partial charge in [0.1, 0.15) is 5.78 Å². The molecule has 1 aliphatic rings. The second-order valence-corrected chi connectivity index (χ2v) is 8.02. The van der Waals surface area contributed by atoms with Crippen molar-refractivity contribution in [3.8, 4) is 0 Å². The Balaban J connectivity index is 2.49. The SMILES string of the molecule is CCCCCC/C=C/[C@H]1[C@H](CBr)CC(=O)[C@@H]1C/C=C\CCC(O)C(=O)OC. The number of rotatable bonds is 13. The Morgan fingerprint density at radius 2 is 2.04 bits per heavy atom. The van der Waals surface area contributed by atoms with Crippen LogP contribution in [0.25, 0.3) is 0 Å². The zero-order valence-corrected chi connectivity index (χ0v) is 18.3. The van der Waals surface area contributed by atoms with Crippen LogP contribution in [0.3, 0.4) is 0 Å². The number of methoxy groups -OCH3 is 1. The molecule has 0 aromatic carbocycles. The molecule has 0 aliphatic heterocycles. The molecule has 4 nitrogen and oxygen atoms in total. The van der Waals surface area contributed by atoms with Crippen LogP contribution in [0.15, 0.2) is 24.3 Å². The third-order valence-corrected chi connectivity index (χ3v) is 6.14. The molecule has 27 heavy (non-hydrogen) atoms. The fourth-order valence-corrected chi connectivity index (χ4v) is 4.30. The summed E-state index contributed by atoms with van der Waals surface area (Å²) in [6.07, 6.45) is 15.9. The molecule has 0 aromatic rings. The van der Waals surface area contributed by atoms with E-state index in [1.807, 2.05) is 12.2 Å². The van der Waals surface area contributed by atoms with Gasteiger partial charge in [-0.1, -0.05) is 66.4 Å². The Morgan fingerprint density at radius 3 is 2.70 bits per heavy atom. The van der Waals surface area contributed by atoms with Crippen LogP contribution in [0, 0.1) is 17.8 Å². The highest BCUT2D eigenvalue weighted by Crippen LogP contribution is 2.39. The second-order valence-electron chi connectivity index (χ2n) is 7.37. The van der Waals surface area contributed by atoms with Crippen LogP contribution in [0.5, 0.6) is 0 Å². The summed E-state index contributed by atoms with van der Waals surface area (Å²) in [5.41, 5.74) is 0. The molecule has 1 aliphatic carbocycles. The molecule has 0 saturated heterocycles. The standard InChI is InChI=1S/C22H35BrO4/c1-3-4-5-6-7-9-12-18-17(16-23)15-21(25)19(18)13-10-8-11-14-20(24)22(26)27-2/h8-10,12,17-20,24H,3-7,11,13-16H2,1-2H3/b10-8-,12-9+/t17-,18-,19+,20?/m0/s1. The Hall–Kier alpha value is -0.940. The molecular weight excluding hydrogens is 408 g/mol. The number of carbonyl (C=O) groups excluding carboxylic acids is 2. The molecule has 0 aromatic heterocycles. The summed E-state index contributed by atoms with van der Waals surface area (Å²) in [5.74, 6) is 0.469. The topological polar surface area (TPSA) is 63.6 Å². The number of carbonyl (C=O) groups is 2. The van der Waals surface area contributed by atoms with Gasteiger partial charge in [0, 0.05) is 17.7 Å². The molecule has 0 bridgehead atoms. The van der Waals surface area contributed by atoms with Gasteiger partial charge < -0.3 is 9.84 Å². The zero-order valence-electron chi connectivity index (χ0n) is 16.7. The maximum Gasteiger partial charge on any atom is 0.334 e. The molecule has 5 heteroatoms. The van der Waals surface area contributed by atoms with Crippen LogP contribution in [-0.2, 0) is 14.3 Å². The first kappa shape index (κ1) is 24.1. The zero-order chi connectivity index (χ0) is 20.1. The van der Waals surface area contributed by atoms with Crippen LogP contribution in [0.1, 0.15) is 64.7 Å². The minimum atomic E-state index is -1.08. The molecular formula is C22H35BrO4. The van der Waals surface area contributed by atoms with Crippen molar-refractivity contribution in [1.29, 1.82) is 0 Å². The van der Waals surface area contributed by atoms with Gasteiger partial charge in [-0.25, -0.2) is 4.79 Å². The first-order valence-electron chi connectivity index (χ1n) is 10.2. The van der Waals surface area contributed by atoms with Gasteiger partial charge in [-0.15, -0.1) is 0 Å². The summed E-state index contributed by atoms with van der Waals surface area (Å²) in [6.45, 7) is 2.22. The summed E-state index contributed by atoms with van der Waals surface area (Å²) >= 11 is 3.57. The highest BCUT2D eigenvalue weighted by Gasteiger charge is 2.39. The number of unbranched alkanes of at least 4 members (excludes halogenated alkanes) is 4. The van der Waals surface area contributed by atoms with E-state index >= 15 is 0 Å². The number of esters is 1. The molecule has 0 amide bonds. The molecule has 1 N–H and O–H groups in total. The molecule has 1 rings (SSSR count). The lowest BCUT2D eigenvalue weighted by Gasteiger charge is -2.18. The van der Waals surface area contributed by atoms with Crippen molar-refractivity contribution in [2.24, 2.45) is 17.8 Å². The monoisotopic (exact) mass is 442 g/mol. The minimum absolute atomic E-state index is 0.0428. The van der Waals surface area contributed by atoms with Gasteiger partial charge in [0.15, 0.2) is 6.10 Å². The smallest absolute Gasteiger partial charge is 0.334 e. The lowest BCUT2D eigenvalue weighted by Crippen LogP contribution is -2.21. The minimum Gasteiger partial charge on any atom is -0.467 e. The van der Waals surface area contributed by atoms with Crippen LogP contribution < -0.4 is 0 Å². The number of hydrogen-bond donors (Lipinski definition) is 1. The molecule has 1 unspecified atom stereocenters. The number of ketones is 1. The van der Waals surface area contributed by atoms with Gasteiger partial charge in [0.2, 0.25) is 0 Å². The third kappa shape index (κ3) is 8.73. The van der Waals surface area contributed by atoms with Crippen LogP contribution in [-0.4, -0.2) is 35.4 Å². The first-order valence-corrected chi connectivity index (χ1v) is 11.3. The molecule has 154 valence electrons. The van der Waals surface area contributed by atoms with Crippen molar-refractivity contribution >= 4 is 27.7 Å². The Morgan fingerprint density at radius 1 is 1.26 bits per heavy atom. The first-order chi connectivity index (χ1) is 13.0. The summed E-state index contributed by atoms with van der Waals surface area (Å²) in [5, 5.41) is 10.4. The predicted octanol–water partition coefficient (Wildman–Crippen LogP) is 4.99. The number of halogens is 1. The normalized spacial score (nSPS) is 24.1. The Kier molecular flexibility index (Phi) is 12.6. The molecule has 0 spiro atoms. The Bertz CT molecular complexity index is 501. The number of aliphatic hydroxyl groups excluding tert-OH is 1. The fraction of sp³-hybridized carbons (Fsp3) is 0.727. The number of allylic oxidation sites excluding steroid dienone is 4. The van der Waals surface area contributed by atoms with E-state index in [1.165, 1.54) is 32.8 Å². The van der Waals surface area contributed by atoms with E-state index in [2.05, 4.69) is 39.7 Å². The summed E-state index contributed by atoms with van der Waals surface area (Å²) in [6, 6.07) is 0. The average molecular weight is 443 g/mol. The summed E-state index contributed by atoms with van der Waals surface area (Å²) < 4.78 is 4.50. The van der Waals surface area contributed by atoms with Crippen molar-refractivity contribution in [1.82, 2.24) is 0 Å². The molecule has 1 saturated carbocycles. The summed E-state index contributed by atoms with van der Waals surface area (Å²) in [4.78, 5) is 23.6. The van der Waals surface area contributed by atoms with E-state index in [9.17, 15) is 14.7 Å². The van der Waals surface area contributed by atoms with E-state index in [1.54, 1.807) is 0 Å². The fourth-order valence-electron chi connectivity index (χ4n) is 3.64.